The minimum absolute atomic E-state index is 0.638. The van der Waals surface area contributed by atoms with Gasteiger partial charge in [-0.1, -0.05) is 91.0 Å². The number of nitrogens with zero attached hydrogens (tertiary/aromatic N) is 3. The molecule has 0 saturated heterocycles. The first-order valence-electron chi connectivity index (χ1n) is 16.6. The predicted octanol–water partition coefficient (Wildman–Crippen LogP) is 10.5. The van der Waals surface area contributed by atoms with Crippen molar-refractivity contribution < 1.29 is 9.73 Å². The van der Waals surface area contributed by atoms with Crippen LogP contribution < -0.4 is 5.32 Å². The summed E-state index contributed by atoms with van der Waals surface area (Å²) in [6, 6.07) is 53.5. The van der Waals surface area contributed by atoms with Crippen LogP contribution in [-0.2, 0) is 0 Å². The zero-order chi connectivity index (χ0) is 32.1. The Morgan fingerprint density at radius 3 is 2.14 bits per heavy atom. The first-order chi connectivity index (χ1) is 24.3. The van der Waals surface area contributed by atoms with E-state index in [1.807, 2.05) is 24.3 Å². The van der Waals surface area contributed by atoms with E-state index in [4.69, 9.17) is 14.4 Å². The Bertz CT molecular complexity index is 2970. The van der Waals surface area contributed by atoms with Gasteiger partial charge in [-0.3, -0.25) is 9.88 Å². The number of quaternary nitrogens is 1. The number of aromatic nitrogens is 3. The van der Waals surface area contributed by atoms with Crippen molar-refractivity contribution in [3.05, 3.63) is 152 Å². The lowest BCUT2D eigenvalue weighted by atomic mass is 9.98. The van der Waals surface area contributed by atoms with Crippen molar-refractivity contribution in [3.8, 4) is 39.5 Å². The smallest absolute Gasteiger partial charge is 0.235 e. The second-order valence-corrected chi connectivity index (χ2v) is 12.8. The number of para-hydroxylation sites is 3. The van der Waals surface area contributed by atoms with E-state index in [0.717, 1.165) is 60.7 Å². The van der Waals surface area contributed by atoms with Gasteiger partial charge in [-0.2, -0.15) is 0 Å². The lowest BCUT2D eigenvalue weighted by Crippen LogP contribution is -2.69. The van der Waals surface area contributed by atoms with Crippen LogP contribution in [-0.4, -0.2) is 14.5 Å². The molecule has 0 fully saturated rings. The summed E-state index contributed by atoms with van der Waals surface area (Å²) in [4.78, 5) is 10.8. The molecule has 0 aliphatic carbocycles. The van der Waals surface area contributed by atoms with Crippen molar-refractivity contribution >= 4 is 66.0 Å². The van der Waals surface area contributed by atoms with Gasteiger partial charge in [-0.05, 0) is 59.7 Å². The third-order valence-corrected chi connectivity index (χ3v) is 10.1. The molecule has 11 rings (SSSR count). The number of nitrogens with two attached hydrogens (primary N) is 1. The maximum absolute atomic E-state index is 6.31. The Kier molecular flexibility index (Phi) is 5.39. The van der Waals surface area contributed by atoms with Gasteiger partial charge < -0.3 is 4.42 Å². The highest BCUT2D eigenvalue weighted by molar-refractivity contribution is 6.21. The fourth-order valence-corrected chi connectivity index (χ4v) is 7.83. The molecule has 0 spiro atoms. The van der Waals surface area contributed by atoms with Gasteiger partial charge in [0.15, 0.2) is 0 Å². The summed E-state index contributed by atoms with van der Waals surface area (Å²) < 4.78 is 8.54. The Labute approximate surface area is 280 Å². The topological polar surface area (TPSA) is 60.5 Å². The summed E-state index contributed by atoms with van der Waals surface area (Å²) in [6.45, 7) is 0. The molecule has 228 valence electrons. The Morgan fingerprint density at radius 1 is 0.469 bits per heavy atom. The molecule has 10 aromatic rings. The van der Waals surface area contributed by atoms with Gasteiger partial charge in [0.2, 0.25) is 5.95 Å². The molecular weight excluding hydrogens is 601 g/mol. The zero-order valence-electron chi connectivity index (χ0n) is 26.3. The molecule has 0 atom stereocenters. The molecule has 0 bridgehead atoms. The third-order valence-electron chi connectivity index (χ3n) is 10.1. The molecule has 1 aliphatic heterocycles. The van der Waals surface area contributed by atoms with Crippen molar-refractivity contribution in [3.63, 3.8) is 0 Å². The fourth-order valence-electron chi connectivity index (χ4n) is 7.83. The van der Waals surface area contributed by atoms with E-state index < -0.39 is 0 Å². The van der Waals surface area contributed by atoms with Crippen LogP contribution in [0.25, 0.3) is 94.1 Å². The quantitative estimate of drug-likeness (QED) is 0.198. The van der Waals surface area contributed by atoms with E-state index in [1.54, 1.807) is 0 Å². The minimum Gasteiger partial charge on any atom is -0.456 e. The van der Waals surface area contributed by atoms with Crippen LogP contribution in [0.4, 0.5) is 11.4 Å². The van der Waals surface area contributed by atoms with Gasteiger partial charge in [0.05, 0.1) is 22.2 Å². The number of benzene rings is 7. The molecule has 0 saturated carbocycles. The van der Waals surface area contributed by atoms with Crippen LogP contribution in [0.15, 0.2) is 156 Å². The number of fused-ring (bicyclic) bond motifs is 11. The summed E-state index contributed by atoms with van der Waals surface area (Å²) in [5.41, 5.74) is 14.0. The highest BCUT2D eigenvalue weighted by Crippen LogP contribution is 2.42. The number of hydrogen-bond acceptors (Lipinski definition) is 3. The van der Waals surface area contributed by atoms with E-state index in [9.17, 15) is 0 Å². The van der Waals surface area contributed by atoms with Crippen molar-refractivity contribution in [1.29, 1.82) is 0 Å². The van der Waals surface area contributed by atoms with Crippen LogP contribution in [0, 0.1) is 0 Å². The zero-order valence-corrected chi connectivity index (χ0v) is 26.3. The highest BCUT2D eigenvalue weighted by Gasteiger charge is 2.24. The predicted molar refractivity (Wildman–Crippen MR) is 199 cm³/mol. The highest BCUT2D eigenvalue weighted by atomic mass is 16.3. The summed E-state index contributed by atoms with van der Waals surface area (Å²) in [7, 11) is 0. The standard InChI is InChI=1S/C44H26N4O/c1-2-10-26(11-3-1)43-42-36(22-23-40-41(42)32-14-6-9-17-39(32)49-40)46-44(47-43)48-37-16-8-5-13-30(37)31-20-18-28(25-38(31)48)27-19-21-35-33(24-27)29-12-4-7-15-34(29)45-35/h1-25,45H/p+1. The van der Waals surface area contributed by atoms with Gasteiger partial charge in [0.1, 0.15) is 22.5 Å². The van der Waals surface area contributed by atoms with Crippen LogP contribution in [0.3, 0.4) is 0 Å². The number of rotatable bonds is 3. The molecule has 4 heterocycles. The number of furan rings is 1. The first-order valence-corrected chi connectivity index (χ1v) is 16.6. The van der Waals surface area contributed by atoms with Crippen molar-refractivity contribution in [2.75, 3.05) is 0 Å². The Hall–Kier alpha value is -6.56. The third kappa shape index (κ3) is 3.85. The van der Waals surface area contributed by atoms with Crippen molar-refractivity contribution in [1.82, 2.24) is 14.5 Å². The molecule has 49 heavy (non-hydrogen) atoms. The van der Waals surface area contributed by atoms with E-state index in [2.05, 4.69) is 137 Å². The summed E-state index contributed by atoms with van der Waals surface area (Å²) in [5.74, 6) is 0.638. The van der Waals surface area contributed by atoms with Crippen LogP contribution in [0.5, 0.6) is 0 Å². The summed E-state index contributed by atoms with van der Waals surface area (Å²) in [6.07, 6.45) is 0. The Morgan fingerprint density at radius 2 is 1.20 bits per heavy atom. The maximum Gasteiger partial charge on any atom is 0.235 e. The lowest BCUT2D eigenvalue weighted by molar-refractivity contribution is -0.473. The Balaban J connectivity index is 1.19. The molecule has 3 aromatic heterocycles. The number of hydrogen-bond donors (Lipinski definition) is 1. The first kappa shape index (κ1) is 26.5. The van der Waals surface area contributed by atoms with Gasteiger partial charge in [0.25, 0.3) is 0 Å². The lowest BCUT2D eigenvalue weighted by Gasteiger charge is -2.13. The molecule has 0 radical (unpaired) electrons. The molecule has 5 heteroatoms. The molecular formula is C44H27N4O+. The molecule has 0 unspecified atom stereocenters. The largest absolute Gasteiger partial charge is 0.456 e. The molecule has 0 amide bonds. The molecule has 5 nitrogen and oxygen atoms in total. The van der Waals surface area contributed by atoms with Crippen LogP contribution in [0.2, 0.25) is 0 Å². The van der Waals surface area contributed by atoms with E-state index >= 15 is 0 Å². The molecule has 7 aromatic carbocycles. The normalized spacial score (nSPS) is 12.4. The van der Waals surface area contributed by atoms with Gasteiger partial charge in [-0.25, -0.2) is 9.97 Å². The van der Waals surface area contributed by atoms with E-state index in [0.29, 0.717) is 5.95 Å². The van der Waals surface area contributed by atoms with Crippen molar-refractivity contribution in [2.45, 2.75) is 0 Å². The van der Waals surface area contributed by atoms with E-state index in [-0.39, 0.29) is 0 Å². The van der Waals surface area contributed by atoms with Crippen LogP contribution in [0.1, 0.15) is 0 Å². The monoisotopic (exact) mass is 627 g/mol. The van der Waals surface area contributed by atoms with Crippen LogP contribution >= 0.6 is 0 Å². The van der Waals surface area contributed by atoms with Crippen molar-refractivity contribution in [2.24, 2.45) is 0 Å². The minimum atomic E-state index is 0.638. The maximum atomic E-state index is 6.31. The van der Waals surface area contributed by atoms with Gasteiger partial charge >= 0.3 is 0 Å². The average molecular weight is 628 g/mol. The van der Waals surface area contributed by atoms with Gasteiger partial charge in [0, 0.05) is 55.8 Å². The fraction of sp³-hybridized carbons (Fsp3) is 0. The molecule has 1 aliphatic rings. The van der Waals surface area contributed by atoms with E-state index in [1.165, 1.54) is 38.8 Å². The summed E-state index contributed by atoms with van der Waals surface area (Å²) in [5, 5.41) is 7.71. The molecule has 2 N–H and O–H groups in total. The average Bonchev–Trinajstić information content (AvgIpc) is 3.83. The second-order valence-electron chi connectivity index (χ2n) is 12.8. The van der Waals surface area contributed by atoms with Gasteiger partial charge in [-0.15, -0.1) is 0 Å². The SMILES string of the molecule is c1ccc(-c2nc(-n3c4ccccc4c4ccc(-c5ccc6c(c5)-c5ccccc5[NH2+]6)cc43)nc3ccc4oc5ccccc5c4c23)cc1. The second kappa shape index (κ2) is 9.97. The summed E-state index contributed by atoms with van der Waals surface area (Å²) >= 11 is 0.